The highest BCUT2D eigenvalue weighted by atomic mass is 16.5. The smallest absolute Gasteiger partial charge is 0.258 e. The molecule has 1 aromatic heterocycles. The molecule has 0 saturated heterocycles. The van der Waals surface area contributed by atoms with Crippen LogP contribution in [0.15, 0.2) is 28.8 Å². The number of nitrogen functional groups attached to an aromatic ring is 1. The number of hydrogen-bond donors (Lipinski definition) is 2. The zero-order chi connectivity index (χ0) is 11.8. The van der Waals surface area contributed by atoms with Crippen molar-refractivity contribution in [2.75, 3.05) is 5.73 Å². The van der Waals surface area contributed by atoms with Gasteiger partial charge in [0.1, 0.15) is 5.60 Å². The molecule has 1 aromatic carbocycles. The van der Waals surface area contributed by atoms with Crippen molar-refractivity contribution >= 4 is 5.69 Å². The molecule has 16 heavy (non-hydrogen) atoms. The molecule has 0 aliphatic heterocycles. The summed E-state index contributed by atoms with van der Waals surface area (Å²) in [7, 11) is 0. The summed E-state index contributed by atoms with van der Waals surface area (Å²) < 4.78 is 4.97. The van der Waals surface area contributed by atoms with Crippen molar-refractivity contribution in [3.8, 4) is 11.4 Å². The SMILES string of the molecule is CC(C)(O)c1nc(-c2ccccc2N)no1. The molecule has 0 spiro atoms. The van der Waals surface area contributed by atoms with Crippen LogP contribution in [0.5, 0.6) is 0 Å². The molecule has 5 heteroatoms. The van der Waals surface area contributed by atoms with E-state index < -0.39 is 5.60 Å². The first-order chi connectivity index (χ1) is 7.48. The summed E-state index contributed by atoms with van der Waals surface area (Å²) in [4.78, 5) is 4.10. The standard InChI is InChI=1S/C11H13N3O2/c1-11(2,15)10-13-9(14-16-10)7-5-3-4-6-8(7)12/h3-6,15H,12H2,1-2H3. The zero-order valence-corrected chi connectivity index (χ0v) is 9.14. The Morgan fingerprint density at radius 2 is 2.00 bits per heavy atom. The highest BCUT2D eigenvalue weighted by Gasteiger charge is 2.24. The molecule has 84 valence electrons. The molecule has 0 bridgehead atoms. The predicted octanol–water partition coefficient (Wildman–Crippen LogP) is 1.55. The third-order valence-electron chi connectivity index (χ3n) is 2.15. The van der Waals surface area contributed by atoms with E-state index in [2.05, 4.69) is 10.1 Å². The van der Waals surface area contributed by atoms with E-state index in [9.17, 15) is 5.11 Å². The van der Waals surface area contributed by atoms with Crippen molar-refractivity contribution in [1.82, 2.24) is 10.1 Å². The quantitative estimate of drug-likeness (QED) is 0.748. The Kier molecular flexibility index (Phi) is 2.40. The summed E-state index contributed by atoms with van der Waals surface area (Å²) in [6.45, 7) is 3.16. The fourth-order valence-corrected chi connectivity index (χ4v) is 1.28. The molecule has 0 aliphatic carbocycles. The minimum absolute atomic E-state index is 0.172. The molecule has 2 rings (SSSR count). The van der Waals surface area contributed by atoms with E-state index in [0.717, 1.165) is 0 Å². The van der Waals surface area contributed by atoms with E-state index in [-0.39, 0.29) is 5.89 Å². The summed E-state index contributed by atoms with van der Waals surface area (Å²) in [5, 5.41) is 13.5. The predicted molar refractivity (Wildman–Crippen MR) is 59.4 cm³/mol. The fourth-order valence-electron chi connectivity index (χ4n) is 1.28. The Hall–Kier alpha value is -1.88. The summed E-state index contributed by atoms with van der Waals surface area (Å²) >= 11 is 0. The minimum Gasteiger partial charge on any atom is -0.398 e. The fraction of sp³-hybridized carbons (Fsp3) is 0.273. The van der Waals surface area contributed by atoms with Gasteiger partial charge >= 0.3 is 0 Å². The van der Waals surface area contributed by atoms with Crippen LogP contribution in [-0.2, 0) is 5.60 Å². The number of rotatable bonds is 2. The molecule has 2 aromatic rings. The van der Waals surface area contributed by atoms with Gasteiger partial charge < -0.3 is 15.4 Å². The molecule has 5 nitrogen and oxygen atoms in total. The highest BCUT2D eigenvalue weighted by Crippen LogP contribution is 2.25. The van der Waals surface area contributed by atoms with Gasteiger partial charge in [-0.25, -0.2) is 0 Å². The van der Waals surface area contributed by atoms with E-state index in [1.807, 2.05) is 12.1 Å². The summed E-state index contributed by atoms with van der Waals surface area (Å²) in [5.74, 6) is 0.556. The van der Waals surface area contributed by atoms with Gasteiger partial charge in [0.2, 0.25) is 5.82 Å². The number of nitrogens with two attached hydrogens (primary N) is 1. The lowest BCUT2D eigenvalue weighted by Crippen LogP contribution is -2.15. The minimum atomic E-state index is -1.14. The van der Waals surface area contributed by atoms with Crippen LogP contribution in [0.1, 0.15) is 19.7 Å². The number of aromatic nitrogens is 2. The second-order valence-corrected chi connectivity index (χ2v) is 4.07. The first-order valence-electron chi connectivity index (χ1n) is 4.90. The summed E-state index contributed by atoms with van der Waals surface area (Å²) in [6, 6.07) is 7.23. The molecular weight excluding hydrogens is 206 g/mol. The van der Waals surface area contributed by atoms with Crippen LogP contribution in [0.2, 0.25) is 0 Å². The first-order valence-corrected chi connectivity index (χ1v) is 4.90. The van der Waals surface area contributed by atoms with Crippen LogP contribution in [0.25, 0.3) is 11.4 Å². The van der Waals surface area contributed by atoms with Gasteiger partial charge in [0.15, 0.2) is 0 Å². The van der Waals surface area contributed by atoms with Crippen molar-refractivity contribution in [2.45, 2.75) is 19.4 Å². The van der Waals surface area contributed by atoms with E-state index in [0.29, 0.717) is 17.1 Å². The molecular formula is C11H13N3O2. The number of nitrogens with zero attached hydrogens (tertiary/aromatic N) is 2. The normalized spacial score (nSPS) is 11.7. The number of aliphatic hydroxyl groups is 1. The van der Waals surface area contributed by atoms with Gasteiger partial charge in [-0.1, -0.05) is 17.3 Å². The third kappa shape index (κ3) is 1.90. The van der Waals surface area contributed by atoms with Gasteiger partial charge in [-0.2, -0.15) is 4.98 Å². The van der Waals surface area contributed by atoms with Gasteiger partial charge in [-0.3, -0.25) is 0 Å². The van der Waals surface area contributed by atoms with Crippen molar-refractivity contribution in [2.24, 2.45) is 0 Å². The second-order valence-electron chi connectivity index (χ2n) is 4.07. The average molecular weight is 219 g/mol. The van der Waals surface area contributed by atoms with Gasteiger partial charge in [0.05, 0.1) is 0 Å². The monoisotopic (exact) mass is 219 g/mol. The van der Waals surface area contributed by atoms with E-state index >= 15 is 0 Å². The van der Waals surface area contributed by atoms with Crippen LogP contribution in [-0.4, -0.2) is 15.2 Å². The van der Waals surface area contributed by atoms with Gasteiger partial charge in [-0.15, -0.1) is 0 Å². The summed E-state index contributed by atoms with van der Waals surface area (Å²) in [6.07, 6.45) is 0. The lowest BCUT2D eigenvalue weighted by Gasteiger charge is -2.09. The molecule has 1 heterocycles. The van der Waals surface area contributed by atoms with E-state index in [4.69, 9.17) is 10.3 Å². The maximum atomic E-state index is 9.69. The van der Waals surface area contributed by atoms with Gasteiger partial charge in [0.25, 0.3) is 5.89 Å². The van der Waals surface area contributed by atoms with Gasteiger partial charge in [0, 0.05) is 11.3 Å². The zero-order valence-electron chi connectivity index (χ0n) is 9.14. The first kappa shape index (κ1) is 10.6. The van der Waals surface area contributed by atoms with Crippen molar-refractivity contribution in [1.29, 1.82) is 0 Å². The van der Waals surface area contributed by atoms with Crippen molar-refractivity contribution < 1.29 is 9.63 Å². The summed E-state index contributed by atoms with van der Waals surface area (Å²) in [5.41, 5.74) is 5.91. The molecule has 0 fully saturated rings. The van der Waals surface area contributed by atoms with E-state index in [1.165, 1.54) is 0 Å². The van der Waals surface area contributed by atoms with Crippen LogP contribution in [0.4, 0.5) is 5.69 Å². The molecule has 0 unspecified atom stereocenters. The lowest BCUT2D eigenvalue weighted by atomic mass is 10.1. The molecule has 0 saturated carbocycles. The van der Waals surface area contributed by atoms with Crippen molar-refractivity contribution in [3.05, 3.63) is 30.2 Å². The maximum absolute atomic E-state index is 9.69. The second kappa shape index (κ2) is 3.61. The van der Waals surface area contributed by atoms with Crippen LogP contribution in [0, 0.1) is 0 Å². The molecule has 0 amide bonds. The van der Waals surface area contributed by atoms with Crippen LogP contribution in [0.3, 0.4) is 0 Å². The number of benzene rings is 1. The molecule has 0 radical (unpaired) electrons. The number of anilines is 1. The Morgan fingerprint density at radius 1 is 1.31 bits per heavy atom. The molecule has 0 atom stereocenters. The van der Waals surface area contributed by atoms with Gasteiger partial charge in [-0.05, 0) is 26.0 Å². The Bertz CT molecular complexity index is 500. The number of hydrogen-bond acceptors (Lipinski definition) is 5. The Morgan fingerprint density at radius 3 is 2.56 bits per heavy atom. The maximum Gasteiger partial charge on any atom is 0.258 e. The molecule has 3 N–H and O–H groups in total. The molecule has 0 aliphatic rings. The Labute approximate surface area is 92.9 Å². The average Bonchev–Trinajstić information content (AvgIpc) is 2.66. The third-order valence-corrected chi connectivity index (χ3v) is 2.15. The highest BCUT2D eigenvalue weighted by molar-refractivity contribution is 5.70. The number of para-hydroxylation sites is 1. The van der Waals surface area contributed by atoms with E-state index in [1.54, 1.807) is 26.0 Å². The van der Waals surface area contributed by atoms with Crippen LogP contribution < -0.4 is 5.73 Å². The van der Waals surface area contributed by atoms with Crippen LogP contribution >= 0.6 is 0 Å². The topological polar surface area (TPSA) is 85.2 Å². The Balaban J connectivity index is 2.44. The lowest BCUT2D eigenvalue weighted by molar-refractivity contribution is 0.0420. The largest absolute Gasteiger partial charge is 0.398 e. The van der Waals surface area contributed by atoms with Crippen molar-refractivity contribution in [3.63, 3.8) is 0 Å².